The number of rotatable bonds is 4. The van der Waals surface area contributed by atoms with Crippen LogP contribution in [0.2, 0.25) is 0 Å². The summed E-state index contributed by atoms with van der Waals surface area (Å²) in [4.78, 5) is 14.8. The molecule has 0 spiro atoms. The number of hydrogen-bond acceptors (Lipinski definition) is 6. The average molecular weight is 434 g/mol. The van der Waals surface area contributed by atoms with Crippen LogP contribution in [0.1, 0.15) is 42.6 Å². The highest BCUT2D eigenvalue weighted by molar-refractivity contribution is 5.92. The summed E-state index contributed by atoms with van der Waals surface area (Å²) in [5.74, 6) is 1.02. The number of nitrogens with two attached hydrogens (primary N) is 1. The van der Waals surface area contributed by atoms with Gasteiger partial charge in [-0.3, -0.25) is 4.79 Å². The largest absolute Gasteiger partial charge is 0.353 e. The molecule has 0 radical (unpaired) electrons. The van der Waals surface area contributed by atoms with Crippen molar-refractivity contribution in [2.75, 3.05) is 18.0 Å². The molecule has 3 N–H and O–H groups in total. The van der Waals surface area contributed by atoms with E-state index < -0.39 is 0 Å². The number of carbonyl (C=O) groups is 1. The minimum Gasteiger partial charge on any atom is -0.353 e. The first-order chi connectivity index (χ1) is 15.4. The summed E-state index contributed by atoms with van der Waals surface area (Å²) in [5.41, 5.74) is 10.9. The van der Waals surface area contributed by atoms with Crippen molar-refractivity contribution in [2.45, 2.75) is 58.5 Å². The Morgan fingerprint density at radius 3 is 2.41 bits per heavy atom. The van der Waals surface area contributed by atoms with E-state index in [0.717, 1.165) is 72.6 Å². The molecule has 0 unspecified atom stereocenters. The molecule has 5 rings (SSSR count). The molecular weight excluding hydrogens is 402 g/mol. The fourth-order valence-electron chi connectivity index (χ4n) is 4.91. The number of carbonyl (C=O) groups excluding carboxylic acids is 1. The summed E-state index contributed by atoms with van der Waals surface area (Å²) in [6.45, 7) is 7.68. The first-order valence-electron chi connectivity index (χ1n) is 11.5. The number of amides is 1. The molecule has 1 aromatic carbocycles. The Labute approximate surface area is 188 Å². The first-order valence-corrected chi connectivity index (χ1v) is 11.5. The van der Waals surface area contributed by atoms with E-state index in [1.54, 1.807) is 0 Å². The normalized spacial score (nSPS) is 21.6. The Balaban J connectivity index is 1.37. The lowest BCUT2D eigenvalue weighted by Crippen LogP contribution is -2.52. The van der Waals surface area contributed by atoms with Gasteiger partial charge in [0.1, 0.15) is 5.52 Å². The van der Waals surface area contributed by atoms with Gasteiger partial charge in [-0.15, -0.1) is 5.10 Å². The highest BCUT2D eigenvalue weighted by Crippen LogP contribution is 2.31. The Kier molecular flexibility index (Phi) is 5.33. The van der Waals surface area contributed by atoms with Crippen molar-refractivity contribution in [1.29, 1.82) is 0 Å². The van der Waals surface area contributed by atoms with Gasteiger partial charge in [-0.25, -0.2) is 4.68 Å². The zero-order valence-corrected chi connectivity index (χ0v) is 19.0. The van der Waals surface area contributed by atoms with E-state index in [1.807, 2.05) is 11.6 Å². The van der Waals surface area contributed by atoms with E-state index >= 15 is 0 Å². The second kappa shape index (κ2) is 8.16. The summed E-state index contributed by atoms with van der Waals surface area (Å²) in [5, 5.41) is 18.1. The van der Waals surface area contributed by atoms with Gasteiger partial charge in [-0.1, -0.05) is 17.7 Å². The van der Waals surface area contributed by atoms with Crippen LogP contribution in [0, 0.1) is 26.7 Å². The molecule has 8 heteroatoms. The van der Waals surface area contributed by atoms with Crippen LogP contribution in [0.3, 0.4) is 0 Å². The monoisotopic (exact) mass is 433 g/mol. The summed E-state index contributed by atoms with van der Waals surface area (Å²) < 4.78 is 1.98. The molecule has 1 aliphatic heterocycles. The van der Waals surface area contributed by atoms with Crippen LogP contribution in [-0.2, 0) is 4.79 Å². The molecule has 0 bridgehead atoms. The van der Waals surface area contributed by atoms with E-state index in [1.165, 1.54) is 5.56 Å². The van der Waals surface area contributed by atoms with Crippen LogP contribution < -0.4 is 16.0 Å². The molecule has 1 aliphatic carbocycles. The molecule has 2 aliphatic rings. The number of aromatic nitrogens is 4. The molecule has 8 nitrogen and oxygen atoms in total. The molecule has 1 saturated carbocycles. The van der Waals surface area contributed by atoms with Gasteiger partial charge in [0, 0.05) is 31.1 Å². The molecule has 32 heavy (non-hydrogen) atoms. The Bertz CT molecular complexity index is 1140. The Morgan fingerprint density at radius 2 is 1.75 bits per heavy atom. The third-order valence-electron chi connectivity index (χ3n) is 6.95. The van der Waals surface area contributed by atoms with Crippen LogP contribution in [0.25, 0.3) is 16.6 Å². The number of nitrogens with one attached hydrogen (secondary N) is 1. The van der Waals surface area contributed by atoms with Crippen molar-refractivity contribution in [3.05, 3.63) is 41.2 Å². The molecule has 1 amide bonds. The van der Waals surface area contributed by atoms with Crippen molar-refractivity contribution in [3.63, 3.8) is 0 Å². The minimum absolute atomic E-state index is 0.0452. The molecule has 0 atom stereocenters. The van der Waals surface area contributed by atoms with Gasteiger partial charge in [-0.2, -0.15) is 10.2 Å². The van der Waals surface area contributed by atoms with Gasteiger partial charge in [0.15, 0.2) is 5.82 Å². The lowest BCUT2D eigenvalue weighted by molar-refractivity contribution is -0.126. The fraction of sp³-hybridized carbons (Fsp3) is 0.500. The maximum absolute atomic E-state index is 12.6. The molecule has 168 valence electrons. The Morgan fingerprint density at radius 1 is 1.06 bits per heavy atom. The van der Waals surface area contributed by atoms with E-state index in [9.17, 15) is 4.79 Å². The second-order valence-electron chi connectivity index (χ2n) is 9.36. The molecule has 3 heterocycles. The first kappa shape index (κ1) is 20.9. The third-order valence-corrected chi connectivity index (χ3v) is 6.95. The lowest BCUT2D eigenvalue weighted by atomic mass is 9.86. The highest BCUT2D eigenvalue weighted by atomic mass is 16.2. The van der Waals surface area contributed by atoms with Crippen LogP contribution in [0.4, 0.5) is 5.82 Å². The summed E-state index contributed by atoms with van der Waals surface area (Å²) in [6.07, 6.45) is 3.40. The third kappa shape index (κ3) is 3.72. The van der Waals surface area contributed by atoms with Crippen molar-refractivity contribution < 1.29 is 4.79 Å². The highest BCUT2D eigenvalue weighted by Gasteiger charge is 2.32. The van der Waals surface area contributed by atoms with E-state index in [2.05, 4.69) is 58.5 Å². The predicted octanol–water partition coefficient (Wildman–Crippen LogP) is 2.56. The van der Waals surface area contributed by atoms with Gasteiger partial charge < -0.3 is 16.0 Å². The van der Waals surface area contributed by atoms with Crippen molar-refractivity contribution in [2.24, 2.45) is 11.7 Å². The Hall–Kier alpha value is -3.00. The van der Waals surface area contributed by atoms with Crippen molar-refractivity contribution in [3.8, 4) is 5.69 Å². The van der Waals surface area contributed by atoms with Gasteiger partial charge in [0.2, 0.25) is 5.91 Å². The molecule has 2 aromatic heterocycles. The maximum atomic E-state index is 12.6. The average Bonchev–Trinajstić information content (AvgIpc) is 3.12. The summed E-state index contributed by atoms with van der Waals surface area (Å²) >= 11 is 0. The second-order valence-corrected chi connectivity index (χ2v) is 9.36. The molecule has 1 saturated heterocycles. The summed E-state index contributed by atoms with van der Waals surface area (Å²) in [7, 11) is 0. The van der Waals surface area contributed by atoms with Crippen LogP contribution in [0.5, 0.6) is 0 Å². The number of benzene rings is 1. The number of anilines is 1. The van der Waals surface area contributed by atoms with Crippen LogP contribution in [-0.4, -0.2) is 51.1 Å². The fourth-order valence-corrected chi connectivity index (χ4v) is 4.91. The SMILES string of the molecule is Cc1ccc(-n2nc3c(N4CCC(C(=O)NC5CC(N)C5)CC4)nnc(C)c3c2C)cc1. The molecule has 2 fully saturated rings. The standard InChI is InChI=1S/C24H31N7O/c1-14-4-6-20(7-5-14)31-16(3)21-15(2)27-28-23(22(21)29-31)30-10-8-17(9-11-30)24(32)26-19-12-18(25)13-19/h4-7,17-19H,8-13,25H2,1-3H3,(H,26,32). The van der Waals surface area contributed by atoms with Gasteiger partial charge in [-0.05, 0) is 58.6 Å². The topological polar surface area (TPSA) is 102 Å². The quantitative estimate of drug-likeness (QED) is 0.656. The number of hydrogen-bond donors (Lipinski definition) is 2. The van der Waals surface area contributed by atoms with Crippen LogP contribution >= 0.6 is 0 Å². The zero-order chi connectivity index (χ0) is 22.4. The maximum Gasteiger partial charge on any atom is 0.223 e. The van der Waals surface area contributed by atoms with Crippen LogP contribution in [0.15, 0.2) is 24.3 Å². The predicted molar refractivity (Wildman–Crippen MR) is 125 cm³/mol. The van der Waals surface area contributed by atoms with E-state index in [0.29, 0.717) is 0 Å². The smallest absolute Gasteiger partial charge is 0.223 e. The van der Waals surface area contributed by atoms with E-state index in [-0.39, 0.29) is 23.9 Å². The minimum atomic E-state index is 0.0452. The number of piperidine rings is 1. The van der Waals surface area contributed by atoms with Gasteiger partial charge in [0.05, 0.1) is 22.5 Å². The number of fused-ring (bicyclic) bond motifs is 1. The van der Waals surface area contributed by atoms with E-state index in [4.69, 9.17) is 10.8 Å². The molecular formula is C24H31N7O. The molecule has 3 aromatic rings. The summed E-state index contributed by atoms with van der Waals surface area (Å²) in [6, 6.07) is 8.86. The number of nitrogens with zero attached hydrogens (tertiary/aromatic N) is 5. The number of aryl methyl sites for hydroxylation is 3. The van der Waals surface area contributed by atoms with Gasteiger partial charge >= 0.3 is 0 Å². The lowest BCUT2D eigenvalue weighted by Gasteiger charge is -2.36. The zero-order valence-electron chi connectivity index (χ0n) is 19.0. The van der Waals surface area contributed by atoms with Crippen molar-refractivity contribution in [1.82, 2.24) is 25.3 Å². The van der Waals surface area contributed by atoms with Crippen molar-refractivity contribution >= 4 is 22.6 Å². The van der Waals surface area contributed by atoms with Gasteiger partial charge in [0.25, 0.3) is 0 Å².